The summed E-state index contributed by atoms with van der Waals surface area (Å²) in [7, 11) is -4.28. The minimum atomic E-state index is -4.28. The summed E-state index contributed by atoms with van der Waals surface area (Å²) in [4.78, 5) is -0.136. The molecule has 0 aliphatic heterocycles. The molecular weight excluding hydrogens is 262 g/mol. The first-order chi connectivity index (χ1) is 8.91. The lowest BCUT2D eigenvalue weighted by Crippen LogP contribution is -2.01. The van der Waals surface area contributed by atoms with E-state index in [1.807, 2.05) is 13.0 Å². The van der Waals surface area contributed by atoms with Crippen molar-refractivity contribution in [1.82, 2.24) is 0 Å². The molecule has 0 heterocycles. The zero-order valence-electron chi connectivity index (χ0n) is 10.2. The van der Waals surface area contributed by atoms with Crippen molar-refractivity contribution in [3.8, 4) is 17.2 Å². The van der Waals surface area contributed by atoms with E-state index < -0.39 is 10.1 Å². The summed E-state index contributed by atoms with van der Waals surface area (Å²) in [5.74, 6) is 0. The highest BCUT2D eigenvalue weighted by molar-refractivity contribution is 7.86. The van der Waals surface area contributed by atoms with Crippen molar-refractivity contribution in [2.75, 3.05) is 0 Å². The second-order valence-electron chi connectivity index (χ2n) is 4.16. The second-order valence-corrected chi connectivity index (χ2v) is 5.55. The predicted octanol–water partition coefficient (Wildman–Crippen LogP) is 2.78. The molecule has 2 aromatic carbocycles. The molecule has 2 rings (SSSR count). The summed E-state index contributed by atoms with van der Waals surface area (Å²) >= 11 is 0. The Labute approximate surface area is 111 Å². The highest BCUT2D eigenvalue weighted by Gasteiger charge is 2.16. The third kappa shape index (κ3) is 2.81. The van der Waals surface area contributed by atoms with Crippen LogP contribution >= 0.6 is 0 Å². The highest BCUT2D eigenvalue weighted by Crippen LogP contribution is 2.28. The Morgan fingerprint density at radius 3 is 2.26 bits per heavy atom. The monoisotopic (exact) mass is 273 g/mol. The quantitative estimate of drug-likeness (QED) is 0.853. The topological polar surface area (TPSA) is 78.2 Å². The molecule has 19 heavy (non-hydrogen) atoms. The molecule has 2 aromatic rings. The van der Waals surface area contributed by atoms with Crippen LogP contribution in [-0.4, -0.2) is 13.0 Å². The summed E-state index contributed by atoms with van der Waals surface area (Å²) in [5.41, 5.74) is 2.43. The average molecular weight is 273 g/mol. The molecule has 0 saturated carbocycles. The number of nitrogens with zero attached hydrogens (tertiary/aromatic N) is 1. The van der Waals surface area contributed by atoms with Gasteiger partial charge < -0.3 is 0 Å². The van der Waals surface area contributed by atoms with E-state index in [2.05, 4.69) is 0 Å². The van der Waals surface area contributed by atoms with E-state index in [9.17, 15) is 13.0 Å². The van der Waals surface area contributed by atoms with Crippen molar-refractivity contribution < 1.29 is 13.0 Å². The first-order valence-corrected chi connectivity index (χ1v) is 6.94. The van der Waals surface area contributed by atoms with E-state index in [1.54, 1.807) is 36.4 Å². The molecule has 0 aromatic heterocycles. The Balaban J connectivity index is 2.67. The molecule has 0 bridgehead atoms. The maximum Gasteiger partial charge on any atom is 0.295 e. The first-order valence-electron chi connectivity index (χ1n) is 5.50. The number of hydrogen-bond donors (Lipinski definition) is 1. The molecule has 0 aliphatic rings. The van der Waals surface area contributed by atoms with Gasteiger partial charge in [0.2, 0.25) is 0 Å². The zero-order valence-corrected chi connectivity index (χ0v) is 11.0. The molecule has 5 heteroatoms. The Hall–Kier alpha value is -2.16. The van der Waals surface area contributed by atoms with Crippen LogP contribution in [0.5, 0.6) is 0 Å². The van der Waals surface area contributed by atoms with E-state index >= 15 is 0 Å². The molecular formula is C14H11NO3S. The van der Waals surface area contributed by atoms with Crippen LogP contribution in [0.4, 0.5) is 0 Å². The van der Waals surface area contributed by atoms with Gasteiger partial charge in [0.25, 0.3) is 10.1 Å². The van der Waals surface area contributed by atoms with E-state index in [0.29, 0.717) is 16.7 Å². The second kappa shape index (κ2) is 4.84. The first kappa shape index (κ1) is 13.3. The molecule has 1 N–H and O–H groups in total. The van der Waals surface area contributed by atoms with Crippen LogP contribution in [0.2, 0.25) is 0 Å². The highest BCUT2D eigenvalue weighted by atomic mass is 32.2. The van der Waals surface area contributed by atoms with Crippen LogP contribution in [0, 0.1) is 18.3 Å². The SMILES string of the molecule is Cc1ccc(S(=O)(=O)O)c(-c2ccc(C#N)cc2)c1. The van der Waals surface area contributed by atoms with Crippen molar-refractivity contribution in [3.63, 3.8) is 0 Å². The fourth-order valence-corrected chi connectivity index (χ4v) is 2.51. The van der Waals surface area contributed by atoms with Crippen molar-refractivity contribution in [3.05, 3.63) is 53.6 Å². The van der Waals surface area contributed by atoms with Gasteiger partial charge >= 0.3 is 0 Å². The van der Waals surface area contributed by atoms with Gasteiger partial charge in [-0.1, -0.05) is 29.8 Å². The van der Waals surface area contributed by atoms with Gasteiger partial charge in [-0.2, -0.15) is 13.7 Å². The molecule has 0 radical (unpaired) electrons. The van der Waals surface area contributed by atoms with Gasteiger partial charge in [0.05, 0.1) is 11.6 Å². The van der Waals surface area contributed by atoms with Gasteiger partial charge in [0.1, 0.15) is 4.90 Å². The lowest BCUT2D eigenvalue weighted by Gasteiger charge is -2.08. The number of rotatable bonds is 2. The molecule has 0 unspecified atom stereocenters. The normalized spacial score (nSPS) is 11.0. The summed E-state index contributed by atoms with van der Waals surface area (Å²) in [6.07, 6.45) is 0. The Morgan fingerprint density at radius 2 is 1.74 bits per heavy atom. The molecule has 0 amide bonds. The van der Waals surface area contributed by atoms with E-state index in [4.69, 9.17) is 5.26 Å². The number of hydrogen-bond acceptors (Lipinski definition) is 3. The van der Waals surface area contributed by atoms with Gasteiger partial charge in [-0.05, 0) is 30.7 Å². The van der Waals surface area contributed by atoms with Crippen LogP contribution in [0.3, 0.4) is 0 Å². The van der Waals surface area contributed by atoms with Gasteiger partial charge in [0, 0.05) is 5.56 Å². The van der Waals surface area contributed by atoms with Crippen LogP contribution in [0.25, 0.3) is 11.1 Å². The van der Waals surface area contributed by atoms with Gasteiger partial charge in [-0.25, -0.2) is 0 Å². The maximum atomic E-state index is 11.4. The lowest BCUT2D eigenvalue weighted by atomic mass is 10.0. The molecule has 0 fully saturated rings. The Bertz CT molecular complexity index is 756. The van der Waals surface area contributed by atoms with Gasteiger partial charge in [-0.3, -0.25) is 4.55 Å². The zero-order chi connectivity index (χ0) is 14.0. The van der Waals surface area contributed by atoms with Crippen LogP contribution in [-0.2, 0) is 10.1 Å². The summed E-state index contributed by atoms with van der Waals surface area (Å²) < 4.78 is 32.0. The molecule has 0 atom stereocenters. The molecule has 96 valence electrons. The average Bonchev–Trinajstić information content (AvgIpc) is 2.37. The smallest absolute Gasteiger partial charge is 0.282 e. The van der Waals surface area contributed by atoms with Crippen molar-refractivity contribution >= 4 is 10.1 Å². The van der Waals surface area contributed by atoms with E-state index in [-0.39, 0.29) is 4.90 Å². The predicted molar refractivity (Wildman–Crippen MR) is 71.1 cm³/mol. The lowest BCUT2D eigenvalue weighted by molar-refractivity contribution is 0.483. The van der Waals surface area contributed by atoms with Crippen molar-refractivity contribution in [2.45, 2.75) is 11.8 Å². The van der Waals surface area contributed by atoms with Gasteiger partial charge in [-0.15, -0.1) is 0 Å². The fourth-order valence-electron chi connectivity index (χ4n) is 1.82. The molecule has 4 nitrogen and oxygen atoms in total. The Kier molecular flexibility index (Phi) is 3.38. The van der Waals surface area contributed by atoms with E-state index in [0.717, 1.165) is 5.56 Å². The molecule has 0 saturated heterocycles. The molecule has 0 aliphatic carbocycles. The summed E-state index contributed by atoms with van der Waals surface area (Å²) in [5, 5.41) is 8.74. The van der Waals surface area contributed by atoms with Crippen LogP contribution < -0.4 is 0 Å². The largest absolute Gasteiger partial charge is 0.295 e. The summed E-state index contributed by atoms with van der Waals surface area (Å²) in [6.45, 7) is 1.83. The minimum absolute atomic E-state index is 0.136. The van der Waals surface area contributed by atoms with Crippen LogP contribution in [0.15, 0.2) is 47.4 Å². The van der Waals surface area contributed by atoms with Crippen molar-refractivity contribution in [1.29, 1.82) is 5.26 Å². The number of nitriles is 1. The molecule has 0 spiro atoms. The fraction of sp³-hybridized carbons (Fsp3) is 0.0714. The van der Waals surface area contributed by atoms with Crippen molar-refractivity contribution in [2.24, 2.45) is 0 Å². The minimum Gasteiger partial charge on any atom is -0.282 e. The number of aryl methyl sites for hydroxylation is 1. The third-order valence-corrected chi connectivity index (χ3v) is 3.65. The Morgan fingerprint density at radius 1 is 1.11 bits per heavy atom. The third-order valence-electron chi connectivity index (χ3n) is 2.74. The van der Waals surface area contributed by atoms with E-state index in [1.165, 1.54) is 6.07 Å². The van der Waals surface area contributed by atoms with Crippen LogP contribution in [0.1, 0.15) is 11.1 Å². The number of benzene rings is 2. The summed E-state index contributed by atoms with van der Waals surface area (Å²) in [6, 6.07) is 13.2. The van der Waals surface area contributed by atoms with Gasteiger partial charge in [0.15, 0.2) is 0 Å². The standard InChI is InChI=1S/C14H11NO3S/c1-10-2-7-14(19(16,17)18)13(8-10)12-5-3-11(9-15)4-6-12/h2-8H,1H3,(H,16,17,18). The maximum absolute atomic E-state index is 11.4.